The highest BCUT2D eigenvalue weighted by Gasteiger charge is 2.32. The van der Waals surface area contributed by atoms with Gasteiger partial charge >= 0.3 is 0 Å². The quantitative estimate of drug-likeness (QED) is 0.514. The molecule has 166 valence electrons. The van der Waals surface area contributed by atoms with Gasteiger partial charge in [-0.05, 0) is 56.5 Å². The summed E-state index contributed by atoms with van der Waals surface area (Å²) in [5.74, 6) is 0.0141. The predicted molar refractivity (Wildman–Crippen MR) is 116 cm³/mol. The molecule has 0 unspecified atom stereocenters. The van der Waals surface area contributed by atoms with E-state index in [9.17, 15) is 23.3 Å². The summed E-state index contributed by atoms with van der Waals surface area (Å²) in [7, 11) is -3.67. The lowest BCUT2D eigenvalue weighted by Gasteiger charge is -2.30. The normalized spacial score (nSPS) is 15.4. The van der Waals surface area contributed by atoms with Crippen LogP contribution in [0.1, 0.15) is 25.3 Å². The van der Waals surface area contributed by atoms with Crippen LogP contribution in [0, 0.1) is 23.0 Å². The summed E-state index contributed by atoms with van der Waals surface area (Å²) in [5, 5.41) is 13.6. The number of sulfonamides is 1. The number of rotatable bonds is 7. The number of hydrogen-bond acceptors (Lipinski definition) is 6. The van der Waals surface area contributed by atoms with Gasteiger partial charge in [-0.2, -0.15) is 4.31 Å². The molecular weight excluding hydrogens is 422 g/mol. The van der Waals surface area contributed by atoms with E-state index in [2.05, 4.69) is 5.32 Å². The molecule has 1 saturated heterocycles. The van der Waals surface area contributed by atoms with Crippen molar-refractivity contribution < 1.29 is 22.9 Å². The van der Waals surface area contributed by atoms with Gasteiger partial charge in [-0.15, -0.1) is 0 Å². The van der Waals surface area contributed by atoms with Crippen molar-refractivity contribution in [3.63, 3.8) is 0 Å². The third-order valence-electron chi connectivity index (χ3n) is 5.23. The van der Waals surface area contributed by atoms with Crippen LogP contribution < -0.4 is 10.1 Å². The molecule has 1 aliphatic rings. The van der Waals surface area contributed by atoms with Gasteiger partial charge in [-0.1, -0.05) is 6.07 Å². The van der Waals surface area contributed by atoms with Crippen LogP contribution in [0.25, 0.3) is 0 Å². The second kappa shape index (κ2) is 9.44. The summed E-state index contributed by atoms with van der Waals surface area (Å²) < 4.78 is 32.9. The third-order valence-corrected chi connectivity index (χ3v) is 7.13. The Bertz CT molecular complexity index is 1080. The molecule has 0 atom stereocenters. The first-order valence-corrected chi connectivity index (χ1v) is 11.4. The number of nitrogens with zero attached hydrogens (tertiary/aromatic N) is 2. The number of nitro groups is 1. The number of ether oxygens (including phenoxy) is 1. The molecule has 1 aliphatic heterocycles. The van der Waals surface area contributed by atoms with Gasteiger partial charge in [0.25, 0.3) is 5.69 Å². The first kappa shape index (κ1) is 22.7. The number of benzene rings is 2. The molecule has 2 aromatic carbocycles. The van der Waals surface area contributed by atoms with Gasteiger partial charge in [0.15, 0.2) is 0 Å². The maximum Gasteiger partial charge on any atom is 0.271 e. The Balaban J connectivity index is 1.63. The number of hydrogen-bond donors (Lipinski definition) is 1. The van der Waals surface area contributed by atoms with E-state index < -0.39 is 14.9 Å². The second-order valence-electron chi connectivity index (χ2n) is 7.34. The Kier molecular flexibility index (Phi) is 6.91. The summed E-state index contributed by atoms with van der Waals surface area (Å²) >= 11 is 0. The molecule has 10 heteroatoms. The third kappa shape index (κ3) is 5.20. The van der Waals surface area contributed by atoms with Crippen molar-refractivity contribution in [1.29, 1.82) is 0 Å². The van der Waals surface area contributed by atoms with Crippen molar-refractivity contribution >= 4 is 27.3 Å². The molecule has 31 heavy (non-hydrogen) atoms. The number of aryl methyl sites for hydroxylation is 1. The highest BCUT2D eigenvalue weighted by Crippen LogP contribution is 2.28. The maximum absolute atomic E-state index is 13.0. The van der Waals surface area contributed by atoms with Crippen LogP contribution in [0.4, 0.5) is 11.4 Å². The minimum absolute atomic E-state index is 0.107. The smallest absolute Gasteiger partial charge is 0.271 e. The van der Waals surface area contributed by atoms with Crippen molar-refractivity contribution in [2.75, 3.05) is 25.0 Å². The van der Waals surface area contributed by atoms with Crippen LogP contribution >= 0.6 is 0 Å². The molecule has 0 saturated carbocycles. The number of non-ortho nitro benzene ring substituents is 1. The van der Waals surface area contributed by atoms with E-state index in [1.807, 2.05) is 6.92 Å². The Morgan fingerprint density at radius 1 is 1.23 bits per heavy atom. The van der Waals surface area contributed by atoms with Gasteiger partial charge in [0.1, 0.15) is 5.75 Å². The predicted octanol–water partition coefficient (Wildman–Crippen LogP) is 3.34. The van der Waals surface area contributed by atoms with Gasteiger partial charge in [0.05, 0.1) is 16.4 Å². The Hall–Kier alpha value is -2.98. The zero-order valence-corrected chi connectivity index (χ0v) is 18.2. The summed E-state index contributed by atoms with van der Waals surface area (Å²) in [6, 6.07) is 10.5. The average Bonchev–Trinajstić information content (AvgIpc) is 2.75. The SMILES string of the molecule is CCOc1ccc(S(=O)(=O)N2CCC(C(=O)Nc3cccc([N+](=O)[O-])c3)CC2)cc1C. The van der Waals surface area contributed by atoms with E-state index in [0.717, 1.165) is 5.56 Å². The summed E-state index contributed by atoms with van der Waals surface area (Å²) in [4.78, 5) is 23.1. The molecule has 1 N–H and O–H groups in total. The lowest BCUT2D eigenvalue weighted by Crippen LogP contribution is -2.41. The fourth-order valence-corrected chi connectivity index (χ4v) is 5.10. The molecule has 1 amide bonds. The molecule has 0 spiro atoms. The number of carbonyl (C=O) groups is 1. The number of anilines is 1. The van der Waals surface area contributed by atoms with E-state index >= 15 is 0 Å². The molecule has 2 aromatic rings. The molecule has 0 aliphatic carbocycles. The van der Waals surface area contributed by atoms with Crippen LogP contribution in [-0.2, 0) is 14.8 Å². The number of nitro benzene ring substituents is 1. The fraction of sp³-hybridized carbons (Fsp3) is 0.381. The minimum Gasteiger partial charge on any atom is -0.494 e. The monoisotopic (exact) mass is 447 g/mol. The maximum atomic E-state index is 13.0. The largest absolute Gasteiger partial charge is 0.494 e. The number of carbonyl (C=O) groups excluding carboxylic acids is 1. The van der Waals surface area contributed by atoms with Crippen LogP contribution in [-0.4, -0.2) is 43.2 Å². The topological polar surface area (TPSA) is 119 Å². The lowest BCUT2D eigenvalue weighted by atomic mass is 9.97. The zero-order valence-electron chi connectivity index (χ0n) is 17.4. The van der Waals surface area contributed by atoms with Gasteiger partial charge in [0.2, 0.25) is 15.9 Å². The highest BCUT2D eigenvalue weighted by atomic mass is 32.2. The standard InChI is InChI=1S/C21H25N3O6S/c1-3-30-20-8-7-19(13-15(20)2)31(28,29)23-11-9-16(10-12-23)21(25)22-17-5-4-6-18(14-17)24(26)27/h4-8,13-14,16H,3,9-12H2,1-2H3,(H,22,25). The first-order valence-electron chi connectivity index (χ1n) is 10.0. The molecule has 0 bridgehead atoms. The molecule has 3 rings (SSSR count). The minimum atomic E-state index is -3.67. The van der Waals surface area contributed by atoms with E-state index in [-0.39, 0.29) is 35.5 Å². The molecule has 0 radical (unpaired) electrons. The van der Waals surface area contributed by atoms with Crippen molar-refractivity contribution in [1.82, 2.24) is 4.31 Å². The fourth-order valence-electron chi connectivity index (χ4n) is 3.55. The number of nitrogens with one attached hydrogen (secondary N) is 1. The van der Waals surface area contributed by atoms with Crippen molar-refractivity contribution in [3.8, 4) is 5.75 Å². The van der Waals surface area contributed by atoms with Gasteiger partial charge in [-0.3, -0.25) is 14.9 Å². The molecule has 1 heterocycles. The molecule has 0 aromatic heterocycles. The number of amides is 1. The molecule has 1 fully saturated rings. The average molecular weight is 448 g/mol. The summed E-state index contributed by atoms with van der Waals surface area (Å²) in [6.07, 6.45) is 0.742. The summed E-state index contributed by atoms with van der Waals surface area (Å²) in [5.41, 5.74) is 0.984. The van der Waals surface area contributed by atoms with Crippen LogP contribution in [0.3, 0.4) is 0 Å². The van der Waals surface area contributed by atoms with Crippen LogP contribution in [0.5, 0.6) is 5.75 Å². The second-order valence-corrected chi connectivity index (χ2v) is 9.27. The van der Waals surface area contributed by atoms with E-state index in [1.54, 1.807) is 25.1 Å². The Labute approximate surface area is 181 Å². The summed E-state index contributed by atoms with van der Waals surface area (Å²) in [6.45, 7) is 4.61. The molecule has 9 nitrogen and oxygen atoms in total. The van der Waals surface area contributed by atoms with Gasteiger partial charge in [-0.25, -0.2) is 8.42 Å². The van der Waals surface area contributed by atoms with Gasteiger partial charge < -0.3 is 10.1 Å². The van der Waals surface area contributed by atoms with Crippen molar-refractivity contribution in [2.45, 2.75) is 31.6 Å². The van der Waals surface area contributed by atoms with Crippen molar-refractivity contribution in [2.24, 2.45) is 5.92 Å². The van der Waals surface area contributed by atoms with Crippen molar-refractivity contribution in [3.05, 3.63) is 58.1 Å². The number of piperidine rings is 1. The Morgan fingerprint density at radius 2 is 1.94 bits per heavy atom. The van der Waals surface area contributed by atoms with E-state index in [1.165, 1.54) is 28.6 Å². The molecular formula is C21H25N3O6S. The highest BCUT2D eigenvalue weighted by molar-refractivity contribution is 7.89. The zero-order chi connectivity index (χ0) is 22.6. The van der Waals surface area contributed by atoms with E-state index in [4.69, 9.17) is 4.74 Å². The lowest BCUT2D eigenvalue weighted by molar-refractivity contribution is -0.384. The van der Waals surface area contributed by atoms with Crippen LogP contribution in [0.15, 0.2) is 47.4 Å². The Morgan fingerprint density at radius 3 is 2.55 bits per heavy atom. The van der Waals surface area contributed by atoms with E-state index in [0.29, 0.717) is 30.9 Å². The van der Waals surface area contributed by atoms with Crippen LogP contribution in [0.2, 0.25) is 0 Å². The first-order chi connectivity index (χ1) is 14.7. The van der Waals surface area contributed by atoms with Gasteiger partial charge in [0, 0.05) is 36.8 Å².